The molecule has 0 saturated carbocycles. The first-order valence-electron chi connectivity index (χ1n) is 9.41. The summed E-state index contributed by atoms with van der Waals surface area (Å²) in [5, 5.41) is 11.8. The van der Waals surface area contributed by atoms with Crippen molar-refractivity contribution in [3.05, 3.63) is 70.5 Å². The van der Waals surface area contributed by atoms with Crippen molar-refractivity contribution in [1.82, 2.24) is 5.32 Å². The topological polar surface area (TPSA) is 75.6 Å². The number of rotatable bonds is 9. The van der Waals surface area contributed by atoms with Crippen LogP contribution in [-0.4, -0.2) is 23.1 Å². The number of aromatic carboxylic acids is 1. The molecule has 2 atom stereocenters. The quantitative estimate of drug-likeness (QED) is 0.603. The molecule has 2 N–H and O–H groups in total. The van der Waals surface area contributed by atoms with Crippen LogP contribution in [0.25, 0.3) is 0 Å². The fourth-order valence-electron chi connectivity index (χ4n) is 2.89. The van der Waals surface area contributed by atoms with Gasteiger partial charge in [0.2, 0.25) is 5.91 Å². The van der Waals surface area contributed by atoms with Crippen LogP contribution in [0.1, 0.15) is 60.3 Å². The molecule has 0 aromatic heterocycles. The van der Waals surface area contributed by atoms with E-state index in [4.69, 9.17) is 9.84 Å². The number of ether oxygens (including phenoxy) is 1. The minimum Gasteiger partial charge on any atom is -0.478 e. The van der Waals surface area contributed by atoms with Crippen molar-refractivity contribution in [1.29, 1.82) is 0 Å². The summed E-state index contributed by atoms with van der Waals surface area (Å²) in [5.74, 6) is -2.64. The third-order valence-electron chi connectivity index (χ3n) is 4.61. The lowest BCUT2D eigenvalue weighted by molar-refractivity contribution is -0.137. The predicted molar refractivity (Wildman–Crippen MR) is 105 cm³/mol. The number of halogens is 3. The number of amides is 1. The van der Waals surface area contributed by atoms with E-state index in [-0.39, 0.29) is 24.0 Å². The second-order valence-electron chi connectivity index (χ2n) is 7.29. The van der Waals surface area contributed by atoms with Gasteiger partial charge in [0.25, 0.3) is 6.43 Å². The molecule has 30 heavy (non-hydrogen) atoms. The molecule has 1 amide bonds. The van der Waals surface area contributed by atoms with Crippen molar-refractivity contribution >= 4 is 11.9 Å². The van der Waals surface area contributed by atoms with Gasteiger partial charge in [-0.2, -0.15) is 0 Å². The van der Waals surface area contributed by atoms with E-state index in [2.05, 4.69) is 5.32 Å². The Morgan fingerprint density at radius 2 is 1.70 bits per heavy atom. The highest BCUT2D eigenvalue weighted by Gasteiger charge is 2.25. The molecular weight excluding hydrogens is 399 g/mol. The number of carboxylic acids is 1. The Morgan fingerprint density at radius 3 is 2.20 bits per heavy atom. The molecule has 0 fully saturated rings. The minimum atomic E-state index is -2.90. The third kappa shape index (κ3) is 6.06. The normalized spacial score (nSPS) is 13.3. The summed E-state index contributed by atoms with van der Waals surface area (Å²) in [6.45, 7) is 5.22. The molecule has 0 spiro atoms. The summed E-state index contributed by atoms with van der Waals surface area (Å²) in [7, 11) is 0. The van der Waals surface area contributed by atoms with Crippen LogP contribution in [0, 0.1) is 11.7 Å². The highest BCUT2D eigenvalue weighted by atomic mass is 19.3. The molecule has 0 aliphatic carbocycles. The zero-order valence-electron chi connectivity index (χ0n) is 16.9. The molecule has 5 nitrogen and oxygen atoms in total. The van der Waals surface area contributed by atoms with Gasteiger partial charge in [-0.05, 0) is 42.2 Å². The monoisotopic (exact) mass is 423 g/mol. The maximum absolute atomic E-state index is 13.7. The van der Waals surface area contributed by atoms with Crippen LogP contribution in [0.5, 0.6) is 0 Å². The highest BCUT2D eigenvalue weighted by molar-refractivity contribution is 5.87. The van der Waals surface area contributed by atoms with Gasteiger partial charge < -0.3 is 15.2 Å². The standard InChI is InChI=1S/C22H24F3NO4/c1-12(2)19(30-11-14-4-9-17(20(24)25)18(23)10-14)21(27)26-13(3)15-5-7-16(8-6-15)22(28)29/h4-10,12-13,19-20H,11H2,1-3H3,(H,26,27)(H,28,29). The number of hydrogen-bond donors (Lipinski definition) is 2. The Kier molecular flexibility index (Phi) is 8.00. The summed E-state index contributed by atoms with van der Waals surface area (Å²) in [5.41, 5.74) is 0.526. The van der Waals surface area contributed by atoms with Crippen molar-refractivity contribution < 1.29 is 32.6 Å². The molecule has 0 saturated heterocycles. The highest BCUT2D eigenvalue weighted by Crippen LogP contribution is 2.23. The number of hydrogen-bond acceptors (Lipinski definition) is 3. The van der Waals surface area contributed by atoms with Gasteiger partial charge in [0.15, 0.2) is 0 Å². The molecule has 0 aliphatic heterocycles. The van der Waals surface area contributed by atoms with Crippen LogP contribution in [-0.2, 0) is 16.1 Å². The third-order valence-corrected chi connectivity index (χ3v) is 4.61. The first-order chi connectivity index (χ1) is 14.1. The van der Waals surface area contributed by atoms with E-state index in [1.165, 1.54) is 18.2 Å². The maximum Gasteiger partial charge on any atom is 0.335 e. The molecule has 8 heteroatoms. The number of alkyl halides is 2. The van der Waals surface area contributed by atoms with Crippen molar-refractivity contribution in [2.75, 3.05) is 0 Å². The van der Waals surface area contributed by atoms with Crippen LogP contribution in [0.3, 0.4) is 0 Å². The van der Waals surface area contributed by atoms with Crippen LogP contribution in [0.2, 0.25) is 0 Å². The van der Waals surface area contributed by atoms with Crippen molar-refractivity contribution in [3.8, 4) is 0 Å². The molecule has 2 aromatic carbocycles. The lowest BCUT2D eigenvalue weighted by Gasteiger charge is -2.24. The summed E-state index contributed by atoms with van der Waals surface area (Å²) >= 11 is 0. The lowest BCUT2D eigenvalue weighted by Crippen LogP contribution is -2.40. The zero-order chi connectivity index (χ0) is 22.4. The van der Waals surface area contributed by atoms with E-state index in [0.717, 1.165) is 17.7 Å². The van der Waals surface area contributed by atoms with Gasteiger partial charge in [0.1, 0.15) is 11.9 Å². The molecule has 162 valence electrons. The Hall–Kier alpha value is -2.87. The maximum atomic E-state index is 13.7. The zero-order valence-corrected chi connectivity index (χ0v) is 16.9. The van der Waals surface area contributed by atoms with Crippen molar-refractivity contribution in [3.63, 3.8) is 0 Å². The molecule has 2 unspecified atom stereocenters. The van der Waals surface area contributed by atoms with Gasteiger partial charge in [0, 0.05) is 0 Å². The van der Waals surface area contributed by atoms with Gasteiger partial charge in [-0.3, -0.25) is 4.79 Å². The number of carboxylic acid groups (broad SMARTS) is 1. The Morgan fingerprint density at radius 1 is 1.07 bits per heavy atom. The molecule has 0 aliphatic rings. The van der Waals surface area contributed by atoms with E-state index >= 15 is 0 Å². The second-order valence-corrected chi connectivity index (χ2v) is 7.29. The van der Waals surface area contributed by atoms with Gasteiger partial charge >= 0.3 is 5.97 Å². The van der Waals surface area contributed by atoms with E-state index < -0.39 is 35.9 Å². The minimum absolute atomic E-state index is 0.113. The Labute approximate surface area is 172 Å². The molecule has 0 radical (unpaired) electrons. The summed E-state index contributed by atoms with van der Waals surface area (Å²) in [6.07, 6.45) is -3.75. The molecule has 2 aromatic rings. The van der Waals surface area contributed by atoms with Gasteiger partial charge in [-0.25, -0.2) is 18.0 Å². The Bertz CT molecular complexity index is 884. The van der Waals surface area contributed by atoms with E-state index in [9.17, 15) is 22.8 Å². The number of carbonyl (C=O) groups excluding carboxylic acids is 1. The first-order valence-corrected chi connectivity index (χ1v) is 9.41. The smallest absolute Gasteiger partial charge is 0.335 e. The fourth-order valence-corrected chi connectivity index (χ4v) is 2.89. The average molecular weight is 423 g/mol. The van der Waals surface area contributed by atoms with E-state index in [1.807, 2.05) is 0 Å². The number of nitrogens with one attached hydrogen (secondary N) is 1. The summed E-state index contributed by atoms with van der Waals surface area (Å²) in [6, 6.07) is 9.07. The lowest BCUT2D eigenvalue weighted by atomic mass is 10.0. The largest absolute Gasteiger partial charge is 0.478 e. The molecule has 0 heterocycles. The van der Waals surface area contributed by atoms with Crippen LogP contribution in [0.15, 0.2) is 42.5 Å². The van der Waals surface area contributed by atoms with E-state index in [1.54, 1.807) is 32.9 Å². The molecule has 0 bridgehead atoms. The average Bonchev–Trinajstić information content (AvgIpc) is 2.67. The fraction of sp³-hybridized carbons (Fsp3) is 0.364. The summed E-state index contributed by atoms with van der Waals surface area (Å²) in [4.78, 5) is 23.6. The second kappa shape index (κ2) is 10.2. The SMILES string of the molecule is CC(NC(=O)C(OCc1ccc(C(F)F)c(F)c1)C(C)C)c1ccc(C(=O)O)cc1. The van der Waals surface area contributed by atoms with Gasteiger partial charge in [-0.1, -0.05) is 38.1 Å². The molecular formula is C22H24F3NO4. The first kappa shape index (κ1) is 23.4. The Balaban J connectivity index is 2.02. The van der Waals surface area contributed by atoms with Crippen molar-refractivity contribution in [2.45, 2.75) is 45.9 Å². The number of benzene rings is 2. The predicted octanol–water partition coefficient (Wildman–Crippen LogP) is 4.88. The van der Waals surface area contributed by atoms with E-state index in [0.29, 0.717) is 5.56 Å². The number of carbonyl (C=O) groups is 2. The van der Waals surface area contributed by atoms with Crippen LogP contribution in [0.4, 0.5) is 13.2 Å². The molecule has 2 rings (SSSR count). The van der Waals surface area contributed by atoms with Gasteiger partial charge in [0.05, 0.1) is 23.8 Å². The van der Waals surface area contributed by atoms with Gasteiger partial charge in [-0.15, -0.1) is 0 Å². The summed E-state index contributed by atoms with van der Waals surface area (Å²) < 4.78 is 44.7. The van der Waals surface area contributed by atoms with Crippen LogP contribution >= 0.6 is 0 Å². The van der Waals surface area contributed by atoms with Crippen molar-refractivity contribution in [2.24, 2.45) is 5.92 Å². The van der Waals surface area contributed by atoms with Crippen LogP contribution < -0.4 is 5.32 Å².